The minimum Gasteiger partial charge on any atom is -0.508 e. The number of ether oxygens (including phenoxy) is 2. The average molecular weight is 447 g/mol. The molecule has 5 rings (SSSR count). The molecule has 170 valence electrons. The number of amides is 1. The van der Waals surface area contributed by atoms with Crippen LogP contribution in [0.2, 0.25) is 0 Å². The number of fused-ring (bicyclic) bond motifs is 2. The van der Waals surface area contributed by atoms with E-state index in [2.05, 4.69) is 41.9 Å². The maximum absolute atomic E-state index is 10.4. The lowest BCUT2D eigenvalue weighted by Crippen LogP contribution is -2.25. The van der Waals surface area contributed by atoms with Crippen molar-refractivity contribution in [2.45, 2.75) is 18.8 Å². The van der Waals surface area contributed by atoms with Crippen LogP contribution in [-0.2, 0) is 4.79 Å². The first-order valence-electron chi connectivity index (χ1n) is 10.5. The van der Waals surface area contributed by atoms with E-state index in [0.29, 0.717) is 18.1 Å². The second-order valence-corrected chi connectivity index (χ2v) is 7.98. The molecule has 1 aliphatic heterocycles. The SMILES string of the molecule is COc1cc2[nH]cc(C3COc4cc(O)ccc4C3c3ccc(C)cc3)c2cc1O.NC=O. The van der Waals surface area contributed by atoms with Crippen molar-refractivity contribution in [3.63, 3.8) is 0 Å². The molecule has 0 fully saturated rings. The molecule has 0 bridgehead atoms. The molecule has 1 aliphatic rings. The molecule has 2 atom stereocenters. The Balaban J connectivity index is 0.000000821. The second-order valence-electron chi connectivity index (χ2n) is 7.98. The molecular formula is C26H26N2O5. The fraction of sp³-hybridized carbons (Fsp3) is 0.192. The van der Waals surface area contributed by atoms with Gasteiger partial charge in [-0.2, -0.15) is 0 Å². The molecule has 2 heterocycles. The maximum atomic E-state index is 10.4. The van der Waals surface area contributed by atoms with Gasteiger partial charge in [-0.05, 0) is 30.2 Å². The summed E-state index contributed by atoms with van der Waals surface area (Å²) in [6.45, 7) is 2.54. The van der Waals surface area contributed by atoms with Gasteiger partial charge >= 0.3 is 0 Å². The van der Waals surface area contributed by atoms with Gasteiger partial charge in [0.1, 0.15) is 11.5 Å². The summed E-state index contributed by atoms with van der Waals surface area (Å²) >= 11 is 0. The van der Waals surface area contributed by atoms with Crippen LogP contribution in [0.4, 0.5) is 0 Å². The van der Waals surface area contributed by atoms with Gasteiger partial charge < -0.3 is 30.4 Å². The van der Waals surface area contributed by atoms with Gasteiger partial charge in [-0.1, -0.05) is 35.9 Å². The van der Waals surface area contributed by atoms with E-state index in [0.717, 1.165) is 22.0 Å². The molecule has 1 amide bonds. The number of benzene rings is 3. The van der Waals surface area contributed by atoms with E-state index in [4.69, 9.17) is 14.3 Å². The quantitative estimate of drug-likeness (QED) is 0.350. The maximum Gasteiger partial charge on any atom is 0.204 e. The topological polar surface area (TPSA) is 118 Å². The number of phenolic OH excluding ortho intramolecular Hbond substituents is 2. The van der Waals surface area contributed by atoms with Crippen molar-refractivity contribution in [1.29, 1.82) is 0 Å². The van der Waals surface area contributed by atoms with E-state index in [1.807, 2.05) is 18.3 Å². The minimum absolute atomic E-state index is 0.0336. The summed E-state index contributed by atoms with van der Waals surface area (Å²) in [5, 5.41) is 21.2. The number of nitrogens with two attached hydrogens (primary N) is 1. The summed E-state index contributed by atoms with van der Waals surface area (Å²) in [4.78, 5) is 11.9. The molecule has 7 nitrogen and oxygen atoms in total. The first-order valence-corrected chi connectivity index (χ1v) is 10.5. The third-order valence-electron chi connectivity index (χ3n) is 6.00. The lowest BCUT2D eigenvalue weighted by Gasteiger charge is -2.34. The van der Waals surface area contributed by atoms with Gasteiger partial charge in [0.15, 0.2) is 11.5 Å². The lowest BCUT2D eigenvalue weighted by molar-refractivity contribution is -0.106. The number of phenols is 2. The summed E-state index contributed by atoms with van der Waals surface area (Å²) in [6, 6.07) is 17.4. The molecule has 0 aliphatic carbocycles. The Hall–Kier alpha value is -4.13. The first-order chi connectivity index (χ1) is 16.0. The number of methoxy groups -OCH3 is 1. The number of aryl methyl sites for hydroxylation is 1. The summed E-state index contributed by atoms with van der Waals surface area (Å²) in [5.41, 5.74) is 9.58. The first kappa shape index (κ1) is 22.1. The molecule has 0 saturated carbocycles. The molecule has 3 aromatic carbocycles. The van der Waals surface area contributed by atoms with Crippen LogP contribution in [0.25, 0.3) is 10.9 Å². The van der Waals surface area contributed by atoms with Crippen LogP contribution in [0, 0.1) is 6.92 Å². The highest BCUT2D eigenvalue weighted by Crippen LogP contribution is 2.48. The number of aromatic amines is 1. The van der Waals surface area contributed by atoms with Gasteiger partial charge in [-0.25, -0.2) is 0 Å². The van der Waals surface area contributed by atoms with Crippen molar-refractivity contribution in [1.82, 2.24) is 4.98 Å². The zero-order valence-corrected chi connectivity index (χ0v) is 18.4. The highest BCUT2D eigenvalue weighted by molar-refractivity contribution is 5.87. The molecule has 5 N–H and O–H groups in total. The third-order valence-corrected chi connectivity index (χ3v) is 6.00. The summed E-state index contributed by atoms with van der Waals surface area (Å²) in [6.07, 6.45) is 2.24. The summed E-state index contributed by atoms with van der Waals surface area (Å²) < 4.78 is 11.3. The van der Waals surface area contributed by atoms with Gasteiger partial charge in [0.05, 0.1) is 13.7 Å². The fourth-order valence-corrected chi connectivity index (χ4v) is 4.48. The Morgan fingerprint density at radius 2 is 1.82 bits per heavy atom. The van der Waals surface area contributed by atoms with E-state index in [1.54, 1.807) is 25.3 Å². The number of primary amides is 1. The number of carbonyl (C=O) groups excluding carboxylic acids is 1. The Kier molecular flexibility index (Phi) is 6.13. The lowest BCUT2D eigenvalue weighted by atomic mass is 9.75. The number of H-pyrrole nitrogens is 1. The van der Waals surface area contributed by atoms with E-state index in [-0.39, 0.29) is 29.7 Å². The molecule has 7 heteroatoms. The monoisotopic (exact) mass is 446 g/mol. The van der Waals surface area contributed by atoms with E-state index in [1.165, 1.54) is 11.1 Å². The molecule has 0 spiro atoms. The van der Waals surface area contributed by atoms with Crippen molar-refractivity contribution < 1.29 is 24.5 Å². The predicted molar refractivity (Wildman–Crippen MR) is 126 cm³/mol. The zero-order valence-electron chi connectivity index (χ0n) is 18.4. The van der Waals surface area contributed by atoms with E-state index < -0.39 is 0 Å². The number of carbonyl (C=O) groups is 1. The van der Waals surface area contributed by atoms with Crippen LogP contribution < -0.4 is 15.2 Å². The van der Waals surface area contributed by atoms with Crippen molar-refractivity contribution in [2.75, 3.05) is 13.7 Å². The number of hydrogen-bond acceptors (Lipinski definition) is 5. The molecular weight excluding hydrogens is 420 g/mol. The standard InChI is InChI=1S/C25H23NO4.CH3NO/c1-14-3-5-15(6-4-14)25-17-8-7-16(27)9-23(17)30-13-20(25)19-12-26-21-11-24(29-2)22(28)10-18(19)21;2-1-3/h3-12,20,25-28H,13H2,1-2H3;1H,(H2,2,3). The second kappa shape index (κ2) is 9.16. The van der Waals surface area contributed by atoms with Gasteiger partial charge in [-0.3, -0.25) is 4.79 Å². The van der Waals surface area contributed by atoms with Crippen molar-refractivity contribution in [3.8, 4) is 23.0 Å². The van der Waals surface area contributed by atoms with E-state index >= 15 is 0 Å². The van der Waals surface area contributed by atoms with Crippen LogP contribution >= 0.6 is 0 Å². The Bertz CT molecular complexity index is 1280. The number of aromatic nitrogens is 1. The van der Waals surface area contributed by atoms with Gasteiger partial charge in [0.2, 0.25) is 6.41 Å². The third kappa shape index (κ3) is 4.17. The predicted octanol–water partition coefficient (Wildman–Crippen LogP) is 4.31. The van der Waals surface area contributed by atoms with Crippen LogP contribution in [0.15, 0.2) is 60.8 Å². The highest BCUT2D eigenvalue weighted by atomic mass is 16.5. The van der Waals surface area contributed by atoms with Crippen molar-refractivity contribution >= 4 is 17.3 Å². The molecule has 1 aromatic heterocycles. The van der Waals surface area contributed by atoms with Crippen LogP contribution in [0.3, 0.4) is 0 Å². The normalized spacial score (nSPS) is 16.8. The number of aromatic hydroxyl groups is 2. The van der Waals surface area contributed by atoms with Crippen LogP contribution in [0.5, 0.6) is 23.0 Å². The largest absolute Gasteiger partial charge is 0.508 e. The molecule has 2 unspecified atom stereocenters. The number of nitrogens with one attached hydrogen (secondary N) is 1. The van der Waals surface area contributed by atoms with Gasteiger partial charge in [0.25, 0.3) is 0 Å². The Labute approximate surface area is 191 Å². The average Bonchev–Trinajstić information content (AvgIpc) is 3.21. The summed E-state index contributed by atoms with van der Waals surface area (Å²) in [7, 11) is 1.54. The molecule has 33 heavy (non-hydrogen) atoms. The van der Waals surface area contributed by atoms with Crippen molar-refractivity contribution in [2.24, 2.45) is 5.73 Å². The zero-order chi connectivity index (χ0) is 23.5. The minimum atomic E-state index is 0.0336. The molecule has 0 saturated heterocycles. The fourth-order valence-electron chi connectivity index (χ4n) is 4.48. The van der Waals surface area contributed by atoms with E-state index in [9.17, 15) is 10.2 Å². The van der Waals surface area contributed by atoms with Crippen LogP contribution in [0.1, 0.15) is 34.1 Å². The molecule has 0 radical (unpaired) electrons. The number of hydrogen-bond donors (Lipinski definition) is 4. The summed E-state index contributed by atoms with van der Waals surface area (Å²) in [5.74, 6) is 1.54. The number of rotatable bonds is 3. The van der Waals surface area contributed by atoms with Gasteiger partial charge in [-0.15, -0.1) is 0 Å². The van der Waals surface area contributed by atoms with Gasteiger partial charge in [0, 0.05) is 46.6 Å². The molecule has 4 aromatic rings. The van der Waals surface area contributed by atoms with Crippen LogP contribution in [-0.4, -0.2) is 35.3 Å². The van der Waals surface area contributed by atoms with Crippen molar-refractivity contribution in [3.05, 3.63) is 83.0 Å². The Morgan fingerprint density at radius 3 is 2.52 bits per heavy atom. The smallest absolute Gasteiger partial charge is 0.204 e. The Morgan fingerprint density at radius 1 is 1.09 bits per heavy atom. The highest BCUT2D eigenvalue weighted by Gasteiger charge is 2.35.